The zero-order valence-corrected chi connectivity index (χ0v) is 17.9. The summed E-state index contributed by atoms with van der Waals surface area (Å²) >= 11 is 25.1. The van der Waals surface area contributed by atoms with E-state index in [-0.39, 0.29) is 0 Å². The van der Waals surface area contributed by atoms with Gasteiger partial charge in [-0.3, -0.25) is 4.57 Å². The normalized spacial score (nSPS) is 12.5. The summed E-state index contributed by atoms with van der Waals surface area (Å²) in [5.41, 5.74) is 5.46. The number of rotatable bonds is 16. The second-order valence-electron chi connectivity index (χ2n) is 4.39. The number of nitrogens with two attached hydrogens (primary N) is 1. The van der Waals surface area contributed by atoms with Gasteiger partial charge in [0.1, 0.15) is 0 Å². The first-order valence-corrected chi connectivity index (χ1v) is 12.2. The number of hydrogen-bond acceptors (Lipinski definition) is 4. The average Bonchev–Trinajstić information content (AvgIpc) is 2.54. The van der Waals surface area contributed by atoms with Gasteiger partial charge < -0.3 is 10.3 Å². The van der Waals surface area contributed by atoms with E-state index in [0.29, 0.717) is 68.6 Å². The average molecular weight is 449 g/mol. The van der Waals surface area contributed by atoms with Crippen LogP contribution in [0.2, 0.25) is 0 Å². The lowest BCUT2D eigenvalue weighted by atomic mass is 10.6. The van der Waals surface area contributed by atoms with Crippen LogP contribution in [0.15, 0.2) is 0 Å². The minimum Gasteiger partial charge on any atom is -0.330 e. The smallest absolute Gasteiger partial charge is 0.330 e. The van der Waals surface area contributed by atoms with E-state index in [9.17, 15) is 4.57 Å². The summed E-state index contributed by atoms with van der Waals surface area (Å²) in [7, 11) is -3.27. The van der Waals surface area contributed by atoms with Crippen LogP contribution in [0.25, 0.3) is 0 Å². The van der Waals surface area contributed by atoms with Gasteiger partial charge in [-0.05, 0) is 0 Å². The highest BCUT2D eigenvalue weighted by atomic mass is 35.5. The van der Waals surface area contributed by atoms with Gasteiger partial charge in [-0.2, -0.15) is 11.8 Å². The van der Waals surface area contributed by atoms with Crippen molar-refractivity contribution >= 4 is 65.8 Å². The van der Waals surface area contributed by atoms with Crippen molar-refractivity contribution in [2.45, 2.75) is 0 Å². The predicted molar refractivity (Wildman–Crippen MR) is 106 cm³/mol. The quantitative estimate of drug-likeness (QED) is 0.222. The molecular weight excluding hydrogens is 423 g/mol. The molecule has 0 aromatic carbocycles. The van der Waals surface area contributed by atoms with E-state index in [1.165, 1.54) is 0 Å². The van der Waals surface area contributed by atoms with Gasteiger partial charge in [-0.15, -0.1) is 46.4 Å². The molecule has 0 fully saturated rings. The molecule has 0 saturated heterocycles. The minimum absolute atomic E-state index is 0.335. The van der Waals surface area contributed by atoms with E-state index in [0.717, 1.165) is 5.75 Å². The highest BCUT2D eigenvalue weighted by Gasteiger charge is 2.37. The van der Waals surface area contributed by atoms with Crippen molar-refractivity contribution in [2.24, 2.45) is 5.73 Å². The molecule has 0 radical (unpaired) electrons. The molecule has 0 aromatic heterocycles. The lowest BCUT2D eigenvalue weighted by Crippen LogP contribution is -2.37. The molecule has 0 spiro atoms. The summed E-state index contributed by atoms with van der Waals surface area (Å²) in [6, 6.07) is 0. The maximum Gasteiger partial charge on any atom is 0.346 e. The Hall–Kier alpha value is 1.58. The molecule has 2 N–H and O–H groups in total. The molecule has 0 rings (SSSR count). The van der Waals surface area contributed by atoms with Crippen molar-refractivity contribution in [3.05, 3.63) is 0 Å². The molecule has 140 valence electrons. The van der Waals surface area contributed by atoms with Gasteiger partial charge in [0, 0.05) is 67.7 Å². The summed E-state index contributed by atoms with van der Waals surface area (Å²) < 4.78 is 22.8. The Morgan fingerprint density at radius 2 is 1.30 bits per heavy atom. The van der Waals surface area contributed by atoms with Gasteiger partial charge in [-0.25, -0.2) is 9.34 Å². The van der Waals surface area contributed by atoms with Crippen molar-refractivity contribution in [1.29, 1.82) is 0 Å². The fraction of sp³-hybridized carbons (Fsp3) is 1.00. The Bertz CT molecular complexity index is 303. The molecule has 23 heavy (non-hydrogen) atoms. The Morgan fingerprint density at radius 3 is 1.65 bits per heavy atom. The van der Waals surface area contributed by atoms with Gasteiger partial charge >= 0.3 is 7.67 Å². The predicted octanol–water partition coefficient (Wildman–Crippen LogP) is 3.36. The highest BCUT2D eigenvalue weighted by Crippen LogP contribution is 2.54. The first-order chi connectivity index (χ1) is 11.1. The van der Waals surface area contributed by atoms with Crippen LogP contribution in [-0.4, -0.2) is 83.7 Å². The highest BCUT2D eigenvalue weighted by molar-refractivity contribution is 7.99. The molecule has 0 aliphatic rings. The zero-order chi connectivity index (χ0) is 17.6. The van der Waals surface area contributed by atoms with Gasteiger partial charge in [0.2, 0.25) is 0 Å². The standard InChI is InChI=1S/C12H26Cl4N3O2PS/c13-1-6-18(7-2-14)22(20,19(8-3-15)9-4-16)21-10-12-23-11-5-17/h1-12,17H2. The Kier molecular flexibility index (Phi) is 16.9. The van der Waals surface area contributed by atoms with Gasteiger partial charge in [0.05, 0.1) is 6.61 Å². The number of halogens is 4. The van der Waals surface area contributed by atoms with Crippen LogP contribution in [0.4, 0.5) is 0 Å². The number of thioether (sulfide) groups is 1. The van der Waals surface area contributed by atoms with Crippen molar-refractivity contribution in [1.82, 2.24) is 9.34 Å². The molecule has 0 amide bonds. The SMILES string of the molecule is NCCSCCOP(=O)(N(CCCl)CCCl)N(CCCl)CCCl. The van der Waals surface area contributed by atoms with E-state index in [1.807, 2.05) is 0 Å². The molecule has 0 saturated carbocycles. The molecule has 0 atom stereocenters. The first kappa shape index (κ1) is 24.6. The van der Waals surface area contributed by atoms with Crippen LogP contribution in [0.3, 0.4) is 0 Å². The van der Waals surface area contributed by atoms with Crippen LogP contribution in [0.1, 0.15) is 0 Å². The zero-order valence-electron chi connectivity index (χ0n) is 13.1. The van der Waals surface area contributed by atoms with Crippen molar-refractivity contribution in [2.75, 3.05) is 74.4 Å². The molecule has 0 aromatic rings. The third kappa shape index (κ3) is 9.74. The first-order valence-electron chi connectivity index (χ1n) is 7.37. The molecule has 11 heteroatoms. The molecular formula is C12H26Cl4N3O2PS. The molecule has 0 aliphatic heterocycles. The minimum atomic E-state index is -3.27. The van der Waals surface area contributed by atoms with Crippen LogP contribution in [0, 0.1) is 0 Å². The van der Waals surface area contributed by atoms with Crippen LogP contribution in [0.5, 0.6) is 0 Å². The fourth-order valence-electron chi connectivity index (χ4n) is 1.86. The maximum atomic E-state index is 13.6. The molecule has 5 nitrogen and oxygen atoms in total. The van der Waals surface area contributed by atoms with E-state index in [4.69, 9.17) is 56.7 Å². The molecule has 0 bridgehead atoms. The summed E-state index contributed by atoms with van der Waals surface area (Å²) in [5.74, 6) is 2.90. The summed E-state index contributed by atoms with van der Waals surface area (Å²) in [6.07, 6.45) is 0. The lowest BCUT2D eigenvalue weighted by molar-refractivity contribution is 0.226. The Balaban J connectivity index is 5.07. The summed E-state index contributed by atoms with van der Waals surface area (Å²) in [5, 5.41) is 0. The van der Waals surface area contributed by atoms with Gasteiger partial charge in [0.25, 0.3) is 0 Å². The van der Waals surface area contributed by atoms with Crippen molar-refractivity contribution < 1.29 is 9.09 Å². The van der Waals surface area contributed by atoms with Crippen molar-refractivity contribution in [3.8, 4) is 0 Å². The van der Waals surface area contributed by atoms with E-state index in [2.05, 4.69) is 0 Å². The molecule has 0 heterocycles. The van der Waals surface area contributed by atoms with Crippen molar-refractivity contribution in [3.63, 3.8) is 0 Å². The third-order valence-corrected chi connectivity index (χ3v) is 7.24. The topological polar surface area (TPSA) is 58.8 Å². The molecule has 0 unspecified atom stereocenters. The second kappa shape index (κ2) is 15.8. The fourth-order valence-corrected chi connectivity index (χ4v) is 6.27. The summed E-state index contributed by atoms with van der Waals surface area (Å²) in [4.78, 5) is 0. The monoisotopic (exact) mass is 447 g/mol. The summed E-state index contributed by atoms with van der Waals surface area (Å²) in [6.45, 7) is 2.64. The van der Waals surface area contributed by atoms with Crippen LogP contribution in [-0.2, 0) is 9.09 Å². The van der Waals surface area contributed by atoms with Crippen LogP contribution < -0.4 is 5.73 Å². The van der Waals surface area contributed by atoms with E-state index < -0.39 is 7.67 Å². The van der Waals surface area contributed by atoms with E-state index in [1.54, 1.807) is 21.1 Å². The van der Waals surface area contributed by atoms with Gasteiger partial charge in [-0.1, -0.05) is 0 Å². The third-order valence-electron chi connectivity index (χ3n) is 2.83. The Morgan fingerprint density at radius 1 is 0.870 bits per heavy atom. The largest absolute Gasteiger partial charge is 0.346 e. The lowest BCUT2D eigenvalue weighted by Gasteiger charge is -2.37. The molecule has 0 aliphatic carbocycles. The number of nitrogens with zero attached hydrogens (tertiary/aromatic N) is 2. The number of alkyl halides is 4. The maximum absolute atomic E-state index is 13.6. The van der Waals surface area contributed by atoms with Crippen LogP contribution >= 0.6 is 65.8 Å². The second-order valence-corrected chi connectivity index (χ2v) is 9.50. The number of hydrogen-bond donors (Lipinski definition) is 1. The van der Waals surface area contributed by atoms with E-state index >= 15 is 0 Å². The Labute approximate surface area is 164 Å². The van der Waals surface area contributed by atoms with Gasteiger partial charge in [0.15, 0.2) is 0 Å².